The Morgan fingerprint density at radius 1 is 1.78 bits per heavy atom. The standard InChI is InChI=1S/C6H11N3/c1-7-5-6-3-4-8-9(6)2/h3-4,7H,5H2,1-2H3. The molecule has 0 fully saturated rings. The van der Waals surface area contributed by atoms with Gasteiger partial charge >= 0.3 is 0 Å². The van der Waals surface area contributed by atoms with Crippen LogP contribution in [0.4, 0.5) is 0 Å². The summed E-state index contributed by atoms with van der Waals surface area (Å²) in [5.41, 5.74) is 1.21. The third kappa shape index (κ3) is 1.29. The van der Waals surface area contributed by atoms with Crippen LogP contribution in [0.25, 0.3) is 0 Å². The average Bonchev–Trinajstić information content (AvgIpc) is 2.18. The molecule has 0 aliphatic carbocycles. The Kier molecular flexibility index (Phi) is 1.85. The molecule has 0 spiro atoms. The van der Waals surface area contributed by atoms with Gasteiger partial charge in [-0.25, -0.2) is 0 Å². The first-order valence-electron chi connectivity index (χ1n) is 2.96. The quantitative estimate of drug-likeness (QED) is 0.609. The smallest absolute Gasteiger partial charge is 0.0518 e. The van der Waals surface area contributed by atoms with Crippen molar-refractivity contribution in [2.24, 2.45) is 7.05 Å². The van der Waals surface area contributed by atoms with E-state index in [0.717, 1.165) is 6.54 Å². The molecule has 50 valence electrons. The molecule has 0 saturated heterocycles. The van der Waals surface area contributed by atoms with Gasteiger partial charge in [-0.2, -0.15) is 5.10 Å². The Labute approximate surface area is 54.7 Å². The molecule has 0 bridgehead atoms. The summed E-state index contributed by atoms with van der Waals surface area (Å²) in [6.45, 7) is 0.885. The highest BCUT2D eigenvalue weighted by Gasteiger charge is 1.92. The van der Waals surface area contributed by atoms with E-state index in [-0.39, 0.29) is 0 Å². The van der Waals surface area contributed by atoms with Crippen molar-refractivity contribution >= 4 is 0 Å². The van der Waals surface area contributed by atoms with E-state index >= 15 is 0 Å². The maximum atomic E-state index is 4.01. The summed E-state index contributed by atoms with van der Waals surface area (Å²) in [5, 5.41) is 7.06. The molecule has 1 aromatic rings. The van der Waals surface area contributed by atoms with Crippen molar-refractivity contribution in [2.75, 3.05) is 7.05 Å². The van der Waals surface area contributed by atoms with E-state index < -0.39 is 0 Å². The van der Waals surface area contributed by atoms with Gasteiger partial charge in [-0.1, -0.05) is 0 Å². The van der Waals surface area contributed by atoms with Crippen molar-refractivity contribution in [1.82, 2.24) is 15.1 Å². The molecule has 0 aliphatic heterocycles. The molecule has 0 saturated carbocycles. The van der Waals surface area contributed by atoms with Gasteiger partial charge in [0, 0.05) is 19.8 Å². The first-order valence-corrected chi connectivity index (χ1v) is 2.96. The van der Waals surface area contributed by atoms with E-state index in [1.807, 2.05) is 24.8 Å². The predicted molar refractivity (Wildman–Crippen MR) is 36.0 cm³/mol. The minimum Gasteiger partial charge on any atom is -0.314 e. The summed E-state index contributed by atoms with van der Waals surface area (Å²) in [5.74, 6) is 0. The molecule has 3 heteroatoms. The minimum atomic E-state index is 0.885. The molecule has 0 unspecified atom stereocenters. The topological polar surface area (TPSA) is 29.9 Å². The maximum Gasteiger partial charge on any atom is 0.0518 e. The van der Waals surface area contributed by atoms with E-state index in [0.29, 0.717) is 0 Å². The lowest BCUT2D eigenvalue weighted by molar-refractivity contribution is 0.672. The number of nitrogens with zero attached hydrogens (tertiary/aromatic N) is 2. The third-order valence-corrected chi connectivity index (χ3v) is 1.28. The summed E-state index contributed by atoms with van der Waals surface area (Å²) in [6, 6.07) is 2.00. The fraction of sp³-hybridized carbons (Fsp3) is 0.500. The largest absolute Gasteiger partial charge is 0.314 e. The van der Waals surface area contributed by atoms with Crippen LogP contribution in [0.5, 0.6) is 0 Å². The Balaban J connectivity index is 2.69. The zero-order valence-electron chi connectivity index (χ0n) is 5.76. The monoisotopic (exact) mass is 125 g/mol. The Morgan fingerprint density at radius 3 is 3.00 bits per heavy atom. The van der Waals surface area contributed by atoms with Crippen LogP contribution in [0.3, 0.4) is 0 Å². The molecule has 0 aliphatic rings. The number of hydrogen-bond donors (Lipinski definition) is 1. The van der Waals surface area contributed by atoms with Crippen molar-refractivity contribution in [3.63, 3.8) is 0 Å². The van der Waals surface area contributed by atoms with E-state index in [9.17, 15) is 0 Å². The second-order valence-electron chi connectivity index (χ2n) is 1.98. The fourth-order valence-corrected chi connectivity index (χ4v) is 0.756. The van der Waals surface area contributed by atoms with Gasteiger partial charge in [0.2, 0.25) is 0 Å². The highest BCUT2D eigenvalue weighted by Crippen LogP contribution is 1.92. The molecule has 1 aromatic heterocycles. The molecule has 3 nitrogen and oxygen atoms in total. The zero-order chi connectivity index (χ0) is 6.69. The molecular formula is C6H11N3. The van der Waals surface area contributed by atoms with Crippen LogP contribution in [-0.2, 0) is 13.6 Å². The lowest BCUT2D eigenvalue weighted by Gasteiger charge is -1.97. The van der Waals surface area contributed by atoms with Gasteiger partial charge in [-0.15, -0.1) is 0 Å². The maximum absolute atomic E-state index is 4.01. The zero-order valence-corrected chi connectivity index (χ0v) is 5.76. The van der Waals surface area contributed by atoms with Crippen LogP contribution in [0.2, 0.25) is 0 Å². The van der Waals surface area contributed by atoms with E-state index in [1.54, 1.807) is 6.20 Å². The number of hydrogen-bond acceptors (Lipinski definition) is 2. The average molecular weight is 125 g/mol. The van der Waals surface area contributed by atoms with Gasteiger partial charge in [-0.3, -0.25) is 4.68 Å². The number of rotatable bonds is 2. The van der Waals surface area contributed by atoms with Crippen LogP contribution >= 0.6 is 0 Å². The highest BCUT2D eigenvalue weighted by atomic mass is 15.3. The highest BCUT2D eigenvalue weighted by molar-refractivity contribution is 4.98. The lowest BCUT2D eigenvalue weighted by Crippen LogP contribution is -2.09. The van der Waals surface area contributed by atoms with Gasteiger partial charge < -0.3 is 5.32 Å². The normalized spacial score (nSPS) is 10.0. The van der Waals surface area contributed by atoms with Gasteiger partial charge in [0.1, 0.15) is 0 Å². The summed E-state index contributed by atoms with van der Waals surface area (Å²) in [6.07, 6.45) is 1.80. The van der Waals surface area contributed by atoms with Gasteiger partial charge in [0.15, 0.2) is 0 Å². The lowest BCUT2D eigenvalue weighted by atomic mass is 10.4. The predicted octanol–water partition coefficient (Wildman–Crippen LogP) is 0.139. The van der Waals surface area contributed by atoms with Crippen LogP contribution in [-0.4, -0.2) is 16.8 Å². The molecule has 1 rings (SSSR count). The second kappa shape index (κ2) is 2.64. The van der Waals surface area contributed by atoms with Crippen molar-refractivity contribution in [1.29, 1.82) is 0 Å². The first-order chi connectivity index (χ1) is 4.34. The summed E-state index contributed by atoms with van der Waals surface area (Å²) >= 11 is 0. The molecule has 0 aromatic carbocycles. The van der Waals surface area contributed by atoms with Gasteiger partial charge in [0.05, 0.1) is 5.69 Å². The summed E-state index contributed by atoms with van der Waals surface area (Å²) in [4.78, 5) is 0. The number of aryl methyl sites for hydroxylation is 1. The Morgan fingerprint density at radius 2 is 2.56 bits per heavy atom. The summed E-state index contributed by atoms with van der Waals surface area (Å²) < 4.78 is 1.86. The van der Waals surface area contributed by atoms with E-state index in [2.05, 4.69) is 10.4 Å². The first kappa shape index (κ1) is 6.29. The summed E-state index contributed by atoms with van der Waals surface area (Å²) in [7, 11) is 3.86. The fourth-order valence-electron chi connectivity index (χ4n) is 0.756. The van der Waals surface area contributed by atoms with Crippen molar-refractivity contribution in [2.45, 2.75) is 6.54 Å². The van der Waals surface area contributed by atoms with Gasteiger partial charge in [-0.05, 0) is 13.1 Å². The van der Waals surface area contributed by atoms with Crippen LogP contribution in [0.15, 0.2) is 12.3 Å². The van der Waals surface area contributed by atoms with E-state index in [1.165, 1.54) is 5.69 Å². The molecule has 0 atom stereocenters. The van der Waals surface area contributed by atoms with Crippen LogP contribution in [0, 0.1) is 0 Å². The van der Waals surface area contributed by atoms with Crippen molar-refractivity contribution < 1.29 is 0 Å². The second-order valence-corrected chi connectivity index (χ2v) is 1.98. The SMILES string of the molecule is CNCc1ccnn1C. The molecular weight excluding hydrogens is 114 g/mol. The van der Waals surface area contributed by atoms with Crippen LogP contribution < -0.4 is 5.32 Å². The molecule has 1 heterocycles. The molecule has 1 N–H and O–H groups in total. The van der Waals surface area contributed by atoms with Crippen molar-refractivity contribution in [3.8, 4) is 0 Å². The molecule has 9 heavy (non-hydrogen) atoms. The minimum absolute atomic E-state index is 0.885. The van der Waals surface area contributed by atoms with E-state index in [4.69, 9.17) is 0 Å². The van der Waals surface area contributed by atoms with Crippen LogP contribution in [0.1, 0.15) is 5.69 Å². The molecule has 0 amide bonds. The number of nitrogens with one attached hydrogen (secondary N) is 1. The Bertz CT molecular complexity index is 180. The third-order valence-electron chi connectivity index (χ3n) is 1.28. The number of aromatic nitrogens is 2. The van der Waals surface area contributed by atoms with Crippen molar-refractivity contribution in [3.05, 3.63) is 18.0 Å². The molecule has 0 radical (unpaired) electrons. The Hall–Kier alpha value is -0.830. The van der Waals surface area contributed by atoms with Gasteiger partial charge in [0.25, 0.3) is 0 Å².